The van der Waals surface area contributed by atoms with Crippen LogP contribution >= 0.6 is 24.0 Å². The first kappa shape index (κ1) is 13.7. The number of nitrogens with two attached hydrogens (primary N) is 1. The normalized spacial score (nSPS) is 12.0. The molecule has 2 N–H and O–H groups in total. The quantitative estimate of drug-likeness (QED) is 0.857. The van der Waals surface area contributed by atoms with Crippen molar-refractivity contribution in [1.82, 2.24) is 0 Å². The van der Waals surface area contributed by atoms with E-state index in [9.17, 15) is 4.39 Å². The predicted molar refractivity (Wildman–Crippen MR) is 61.0 cm³/mol. The maximum Gasteiger partial charge on any atom is 0.0912 e. The van der Waals surface area contributed by atoms with Gasteiger partial charge in [-0.1, -0.05) is 17.7 Å². The summed E-state index contributed by atoms with van der Waals surface area (Å²) in [7, 11) is 0. The fraction of sp³-hybridized carbons (Fsp3) is 0.400. The molecule has 0 aliphatic carbocycles. The first-order chi connectivity index (χ1) is 6.15. The van der Waals surface area contributed by atoms with E-state index in [4.69, 9.17) is 17.3 Å². The molecule has 0 heterocycles. The van der Waals surface area contributed by atoms with E-state index in [2.05, 4.69) is 0 Å². The van der Waals surface area contributed by atoms with Crippen LogP contribution in [-0.2, 0) is 0 Å². The van der Waals surface area contributed by atoms with Gasteiger partial charge in [-0.2, -0.15) is 0 Å². The summed E-state index contributed by atoms with van der Waals surface area (Å²) in [6.45, 7) is 1.54. The lowest BCUT2D eigenvalue weighted by atomic mass is 10.0. The van der Waals surface area contributed by atoms with Crippen LogP contribution in [0.2, 0.25) is 5.02 Å². The minimum atomic E-state index is -0.386. The molecule has 0 saturated carbocycles. The minimum absolute atomic E-state index is 0. The highest BCUT2D eigenvalue weighted by molar-refractivity contribution is 6.30. The van der Waals surface area contributed by atoms with Gasteiger partial charge < -0.3 is 5.73 Å². The van der Waals surface area contributed by atoms with Gasteiger partial charge >= 0.3 is 0 Å². The van der Waals surface area contributed by atoms with Gasteiger partial charge in [-0.3, -0.25) is 4.39 Å². The van der Waals surface area contributed by atoms with Crippen LogP contribution in [-0.4, -0.2) is 6.67 Å². The van der Waals surface area contributed by atoms with E-state index in [1.807, 2.05) is 19.1 Å². The summed E-state index contributed by atoms with van der Waals surface area (Å²) in [5.41, 5.74) is 7.77. The number of rotatable bonds is 3. The number of halogens is 3. The molecule has 0 aromatic heterocycles. The van der Waals surface area contributed by atoms with Crippen LogP contribution in [0.1, 0.15) is 23.6 Å². The average Bonchev–Trinajstić information content (AvgIpc) is 2.04. The molecule has 4 heteroatoms. The van der Waals surface area contributed by atoms with Crippen molar-refractivity contribution in [2.45, 2.75) is 19.4 Å². The Morgan fingerprint density at radius 1 is 1.50 bits per heavy atom. The second-order valence-corrected chi connectivity index (χ2v) is 3.52. The summed E-state index contributed by atoms with van der Waals surface area (Å²) in [5, 5.41) is 0.689. The SMILES string of the molecule is Cc1cc(Cl)ccc1[C@@H](N)CCF.Cl. The Kier molecular flexibility index (Phi) is 6.09. The number of alkyl halides is 1. The van der Waals surface area contributed by atoms with E-state index in [1.165, 1.54) is 0 Å². The smallest absolute Gasteiger partial charge is 0.0912 e. The van der Waals surface area contributed by atoms with E-state index in [0.717, 1.165) is 11.1 Å². The molecule has 0 aliphatic heterocycles. The van der Waals surface area contributed by atoms with Crippen LogP contribution < -0.4 is 5.73 Å². The predicted octanol–water partition coefficient (Wildman–Crippen LogP) is 3.43. The molecular weight excluding hydrogens is 224 g/mol. The van der Waals surface area contributed by atoms with Crippen LogP contribution in [0.25, 0.3) is 0 Å². The minimum Gasteiger partial charge on any atom is -0.324 e. The van der Waals surface area contributed by atoms with E-state index >= 15 is 0 Å². The lowest BCUT2D eigenvalue weighted by Crippen LogP contribution is -2.12. The number of benzene rings is 1. The Morgan fingerprint density at radius 2 is 2.14 bits per heavy atom. The van der Waals surface area contributed by atoms with Crippen molar-refractivity contribution in [3.63, 3.8) is 0 Å². The van der Waals surface area contributed by atoms with Gasteiger partial charge in [-0.25, -0.2) is 0 Å². The zero-order chi connectivity index (χ0) is 9.84. The largest absolute Gasteiger partial charge is 0.324 e. The third kappa shape index (κ3) is 3.45. The molecule has 1 aromatic rings. The fourth-order valence-electron chi connectivity index (χ4n) is 1.33. The molecule has 0 fully saturated rings. The van der Waals surface area contributed by atoms with Gasteiger partial charge in [0.2, 0.25) is 0 Å². The lowest BCUT2D eigenvalue weighted by Gasteiger charge is -2.12. The van der Waals surface area contributed by atoms with E-state index < -0.39 is 0 Å². The van der Waals surface area contributed by atoms with Gasteiger partial charge in [0.05, 0.1) is 6.67 Å². The third-order valence-corrected chi connectivity index (χ3v) is 2.29. The van der Waals surface area contributed by atoms with Crippen LogP contribution in [0.15, 0.2) is 18.2 Å². The van der Waals surface area contributed by atoms with Gasteiger partial charge in [0.15, 0.2) is 0 Å². The molecule has 0 amide bonds. The molecular formula is C10H14Cl2FN. The van der Waals surface area contributed by atoms with Crippen molar-refractivity contribution in [1.29, 1.82) is 0 Å². The van der Waals surface area contributed by atoms with E-state index in [-0.39, 0.29) is 25.1 Å². The topological polar surface area (TPSA) is 26.0 Å². The third-order valence-electron chi connectivity index (χ3n) is 2.05. The Morgan fingerprint density at radius 3 is 2.64 bits per heavy atom. The summed E-state index contributed by atoms with van der Waals surface area (Å²) < 4.78 is 12.0. The molecule has 1 atom stereocenters. The molecule has 0 saturated heterocycles. The van der Waals surface area contributed by atoms with Gasteiger partial charge in [0, 0.05) is 11.1 Å². The Balaban J connectivity index is 0.00000169. The van der Waals surface area contributed by atoms with Crippen molar-refractivity contribution < 1.29 is 4.39 Å². The number of aryl methyl sites for hydroxylation is 1. The molecule has 0 aliphatic rings. The first-order valence-corrected chi connectivity index (χ1v) is 4.60. The molecule has 0 bridgehead atoms. The molecule has 0 spiro atoms. The summed E-state index contributed by atoms with van der Waals surface area (Å²) in [6.07, 6.45) is 0.364. The maximum absolute atomic E-state index is 12.0. The van der Waals surface area contributed by atoms with Crippen LogP contribution in [0.3, 0.4) is 0 Å². The highest BCUT2D eigenvalue weighted by Gasteiger charge is 2.08. The average molecular weight is 238 g/mol. The van der Waals surface area contributed by atoms with Crippen LogP contribution in [0.4, 0.5) is 4.39 Å². The monoisotopic (exact) mass is 237 g/mol. The molecule has 1 nitrogen and oxygen atoms in total. The summed E-state index contributed by atoms with van der Waals surface area (Å²) >= 11 is 5.78. The van der Waals surface area contributed by atoms with E-state index in [0.29, 0.717) is 11.4 Å². The maximum atomic E-state index is 12.0. The van der Waals surface area contributed by atoms with Crippen LogP contribution in [0.5, 0.6) is 0 Å². The molecule has 80 valence electrons. The van der Waals surface area contributed by atoms with Crippen molar-refractivity contribution in [3.8, 4) is 0 Å². The Labute approximate surface area is 94.9 Å². The highest BCUT2D eigenvalue weighted by Crippen LogP contribution is 2.21. The van der Waals surface area contributed by atoms with Crippen molar-refractivity contribution in [3.05, 3.63) is 34.3 Å². The summed E-state index contributed by atoms with van der Waals surface area (Å²) in [6, 6.07) is 5.26. The lowest BCUT2D eigenvalue weighted by molar-refractivity contribution is 0.441. The molecule has 1 aromatic carbocycles. The number of hydrogen-bond donors (Lipinski definition) is 1. The first-order valence-electron chi connectivity index (χ1n) is 4.22. The second kappa shape index (κ2) is 6.23. The van der Waals surface area contributed by atoms with Gasteiger partial charge in [-0.05, 0) is 36.6 Å². The van der Waals surface area contributed by atoms with Gasteiger partial charge in [-0.15, -0.1) is 12.4 Å². The van der Waals surface area contributed by atoms with Gasteiger partial charge in [0.25, 0.3) is 0 Å². The van der Waals surface area contributed by atoms with Crippen molar-refractivity contribution in [2.24, 2.45) is 5.73 Å². The van der Waals surface area contributed by atoms with Crippen LogP contribution in [0, 0.1) is 6.92 Å². The number of hydrogen-bond acceptors (Lipinski definition) is 1. The zero-order valence-corrected chi connectivity index (χ0v) is 9.54. The zero-order valence-electron chi connectivity index (χ0n) is 7.97. The second-order valence-electron chi connectivity index (χ2n) is 3.09. The Bertz CT molecular complexity index is 291. The highest BCUT2D eigenvalue weighted by atomic mass is 35.5. The van der Waals surface area contributed by atoms with Crippen molar-refractivity contribution >= 4 is 24.0 Å². The molecule has 0 radical (unpaired) electrons. The Hall–Kier alpha value is -0.310. The standard InChI is InChI=1S/C10H13ClFN.ClH/c1-7-6-8(11)2-3-9(7)10(13)4-5-12;/h2-3,6,10H,4-5,13H2,1H3;1H/t10-;/m0./s1. The summed E-state index contributed by atoms with van der Waals surface area (Å²) in [4.78, 5) is 0. The van der Waals surface area contributed by atoms with E-state index in [1.54, 1.807) is 6.07 Å². The molecule has 14 heavy (non-hydrogen) atoms. The molecule has 0 unspecified atom stereocenters. The fourth-order valence-corrected chi connectivity index (χ4v) is 1.55. The van der Waals surface area contributed by atoms with Gasteiger partial charge in [0.1, 0.15) is 0 Å². The van der Waals surface area contributed by atoms with Crippen molar-refractivity contribution in [2.75, 3.05) is 6.67 Å². The molecule has 1 rings (SSSR count). The summed E-state index contributed by atoms with van der Waals surface area (Å²) in [5.74, 6) is 0.